The first-order valence-corrected chi connectivity index (χ1v) is 6.36. The molecule has 6 nitrogen and oxygen atoms in total. The lowest BCUT2D eigenvalue weighted by Gasteiger charge is -2.17. The van der Waals surface area contributed by atoms with Crippen LogP contribution in [0.4, 0.5) is 0 Å². The molecule has 0 heterocycles. The number of carboxylic acids is 1. The normalized spacial score (nSPS) is 13.7. The molecule has 0 radical (unpaired) electrons. The predicted molar refractivity (Wildman–Crippen MR) is 71.5 cm³/mol. The predicted octanol–water partition coefficient (Wildman–Crippen LogP) is 0.735. The summed E-state index contributed by atoms with van der Waals surface area (Å²) >= 11 is 0. The Morgan fingerprint density at radius 3 is 2.40 bits per heavy atom. The molecular weight excluding hydrogens is 260 g/mol. The van der Waals surface area contributed by atoms with Gasteiger partial charge in [-0.2, -0.15) is 0 Å². The second-order valence-electron chi connectivity index (χ2n) is 4.85. The molecular formula is C14H16N2O4. The number of nitrogens with zero attached hydrogens (tertiary/aromatic N) is 1. The summed E-state index contributed by atoms with van der Waals surface area (Å²) in [5, 5.41) is 11.8. The zero-order chi connectivity index (χ0) is 14.7. The van der Waals surface area contributed by atoms with Gasteiger partial charge in [0.2, 0.25) is 5.91 Å². The van der Waals surface area contributed by atoms with Gasteiger partial charge in [-0.3, -0.25) is 9.59 Å². The van der Waals surface area contributed by atoms with Gasteiger partial charge in [0.15, 0.2) is 0 Å². The Morgan fingerprint density at radius 2 is 1.85 bits per heavy atom. The number of hydrogen-bond acceptors (Lipinski definition) is 3. The van der Waals surface area contributed by atoms with Crippen LogP contribution in [-0.4, -0.2) is 47.4 Å². The second kappa shape index (κ2) is 5.73. The fourth-order valence-electron chi connectivity index (χ4n) is 1.85. The molecule has 20 heavy (non-hydrogen) atoms. The Morgan fingerprint density at radius 1 is 1.25 bits per heavy atom. The quantitative estimate of drug-likeness (QED) is 0.830. The minimum atomic E-state index is -1.16. The van der Waals surface area contributed by atoms with E-state index in [0.717, 1.165) is 12.8 Å². The first kappa shape index (κ1) is 14.0. The fraction of sp³-hybridized carbons (Fsp3) is 0.357. The largest absolute Gasteiger partial charge is 0.478 e. The number of carboxylic acid groups (broad SMARTS) is 1. The third-order valence-electron chi connectivity index (χ3n) is 3.06. The lowest BCUT2D eigenvalue weighted by atomic mass is 10.1. The van der Waals surface area contributed by atoms with Crippen LogP contribution in [0.25, 0.3) is 0 Å². The van der Waals surface area contributed by atoms with Crippen molar-refractivity contribution in [2.24, 2.45) is 0 Å². The van der Waals surface area contributed by atoms with Crippen LogP contribution in [-0.2, 0) is 4.79 Å². The van der Waals surface area contributed by atoms with E-state index in [1.807, 2.05) is 0 Å². The van der Waals surface area contributed by atoms with E-state index >= 15 is 0 Å². The third kappa shape index (κ3) is 3.34. The van der Waals surface area contributed by atoms with Crippen molar-refractivity contribution in [1.82, 2.24) is 10.2 Å². The SMILES string of the molecule is CN(CC(=O)NC1CC1)C(=O)c1ccccc1C(=O)O. The van der Waals surface area contributed by atoms with E-state index in [-0.39, 0.29) is 29.6 Å². The Kier molecular flexibility index (Phi) is 4.02. The lowest BCUT2D eigenvalue weighted by Crippen LogP contribution is -2.39. The van der Waals surface area contributed by atoms with Crippen LogP contribution in [0.1, 0.15) is 33.6 Å². The van der Waals surface area contributed by atoms with Gasteiger partial charge in [-0.25, -0.2) is 4.79 Å². The number of aromatic carboxylic acids is 1. The van der Waals surface area contributed by atoms with Crippen molar-refractivity contribution in [2.45, 2.75) is 18.9 Å². The number of rotatable bonds is 5. The van der Waals surface area contributed by atoms with Gasteiger partial charge in [-0.15, -0.1) is 0 Å². The first-order valence-electron chi connectivity index (χ1n) is 6.36. The van der Waals surface area contributed by atoms with E-state index in [4.69, 9.17) is 5.11 Å². The van der Waals surface area contributed by atoms with Crippen molar-refractivity contribution in [3.05, 3.63) is 35.4 Å². The number of amides is 2. The average molecular weight is 276 g/mol. The molecule has 0 spiro atoms. The van der Waals surface area contributed by atoms with Gasteiger partial charge in [0.05, 0.1) is 17.7 Å². The van der Waals surface area contributed by atoms with Crippen molar-refractivity contribution < 1.29 is 19.5 Å². The van der Waals surface area contributed by atoms with E-state index in [1.54, 1.807) is 12.1 Å². The highest BCUT2D eigenvalue weighted by Crippen LogP contribution is 2.18. The summed E-state index contributed by atoms with van der Waals surface area (Å²) in [6.07, 6.45) is 1.95. The van der Waals surface area contributed by atoms with Crippen LogP contribution in [0.3, 0.4) is 0 Å². The molecule has 1 saturated carbocycles. The van der Waals surface area contributed by atoms with Gasteiger partial charge in [0.25, 0.3) is 5.91 Å². The lowest BCUT2D eigenvalue weighted by molar-refractivity contribution is -0.121. The van der Waals surface area contributed by atoms with Crippen molar-refractivity contribution in [3.63, 3.8) is 0 Å². The number of carbonyl (C=O) groups excluding carboxylic acids is 2. The maximum atomic E-state index is 12.2. The summed E-state index contributed by atoms with van der Waals surface area (Å²) < 4.78 is 0. The summed E-state index contributed by atoms with van der Waals surface area (Å²) in [5.41, 5.74) is 0.0219. The van der Waals surface area contributed by atoms with Crippen molar-refractivity contribution in [3.8, 4) is 0 Å². The van der Waals surface area contributed by atoms with Gasteiger partial charge in [0, 0.05) is 13.1 Å². The topological polar surface area (TPSA) is 86.7 Å². The molecule has 2 N–H and O–H groups in total. The van der Waals surface area contributed by atoms with Gasteiger partial charge < -0.3 is 15.3 Å². The molecule has 0 saturated heterocycles. The van der Waals surface area contributed by atoms with Gasteiger partial charge >= 0.3 is 5.97 Å². The van der Waals surface area contributed by atoms with Crippen LogP contribution >= 0.6 is 0 Å². The Bertz CT molecular complexity index is 552. The zero-order valence-corrected chi connectivity index (χ0v) is 11.1. The third-order valence-corrected chi connectivity index (χ3v) is 3.06. The number of likely N-dealkylation sites (N-methyl/N-ethyl adjacent to an activating group) is 1. The van der Waals surface area contributed by atoms with E-state index in [1.165, 1.54) is 24.1 Å². The minimum absolute atomic E-state index is 0.0630. The summed E-state index contributed by atoms with van der Waals surface area (Å²) in [4.78, 5) is 36.1. The van der Waals surface area contributed by atoms with Gasteiger partial charge in [-0.05, 0) is 25.0 Å². The standard InChI is InChI=1S/C14H16N2O4/c1-16(8-12(17)15-9-6-7-9)13(18)10-4-2-3-5-11(10)14(19)20/h2-5,9H,6-8H2,1H3,(H,15,17)(H,19,20). The number of carbonyl (C=O) groups is 3. The van der Waals surface area contributed by atoms with Crippen molar-refractivity contribution in [1.29, 1.82) is 0 Å². The first-order chi connectivity index (χ1) is 9.49. The summed E-state index contributed by atoms with van der Waals surface area (Å²) in [6, 6.07) is 6.20. The van der Waals surface area contributed by atoms with E-state index in [2.05, 4.69) is 5.32 Å². The molecule has 0 unspecified atom stereocenters. The highest BCUT2D eigenvalue weighted by molar-refractivity contribution is 6.05. The molecule has 0 atom stereocenters. The molecule has 1 aliphatic carbocycles. The van der Waals surface area contributed by atoms with Crippen LogP contribution in [0, 0.1) is 0 Å². The van der Waals surface area contributed by atoms with Crippen molar-refractivity contribution in [2.75, 3.05) is 13.6 Å². The maximum Gasteiger partial charge on any atom is 0.336 e. The highest BCUT2D eigenvalue weighted by atomic mass is 16.4. The maximum absolute atomic E-state index is 12.2. The van der Waals surface area contributed by atoms with Crippen molar-refractivity contribution >= 4 is 17.8 Å². The molecule has 2 amide bonds. The van der Waals surface area contributed by atoms with E-state index in [0.29, 0.717) is 0 Å². The van der Waals surface area contributed by atoms with Crippen LogP contribution in [0.15, 0.2) is 24.3 Å². The van der Waals surface area contributed by atoms with E-state index in [9.17, 15) is 14.4 Å². The number of nitrogens with one attached hydrogen (secondary N) is 1. The molecule has 0 bridgehead atoms. The van der Waals surface area contributed by atoms with Crippen LogP contribution in [0.5, 0.6) is 0 Å². The average Bonchev–Trinajstić information content (AvgIpc) is 3.21. The monoisotopic (exact) mass is 276 g/mol. The molecule has 1 fully saturated rings. The Hall–Kier alpha value is -2.37. The van der Waals surface area contributed by atoms with E-state index < -0.39 is 11.9 Å². The van der Waals surface area contributed by atoms with Crippen LogP contribution < -0.4 is 5.32 Å². The van der Waals surface area contributed by atoms with Gasteiger partial charge in [-0.1, -0.05) is 12.1 Å². The second-order valence-corrected chi connectivity index (χ2v) is 4.85. The fourth-order valence-corrected chi connectivity index (χ4v) is 1.85. The molecule has 106 valence electrons. The summed E-state index contributed by atoms with van der Waals surface area (Å²) in [6.45, 7) is -0.0801. The molecule has 1 aromatic rings. The smallest absolute Gasteiger partial charge is 0.336 e. The number of hydrogen-bond donors (Lipinski definition) is 2. The van der Waals surface area contributed by atoms with Crippen LogP contribution in [0.2, 0.25) is 0 Å². The zero-order valence-electron chi connectivity index (χ0n) is 11.1. The molecule has 1 aliphatic rings. The molecule has 2 rings (SSSR count). The Labute approximate surface area is 116 Å². The summed E-state index contributed by atoms with van der Waals surface area (Å²) in [7, 11) is 1.48. The molecule has 0 aromatic heterocycles. The summed E-state index contributed by atoms with van der Waals surface area (Å²) in [5.74, 6) is -1.87. The highest BCUT2D eigenvalue weighted by Gasteiger charge is 2.25. The molecule has 6 heteroatoms. The Balaban J connectivity index is 2.05. The number of benzene rings is 1. The molecule has 0 aliphatic heterocycles. The minimum Gasteiger partial charge on any atom is -0.478 e. The van der Waals surface area contributed by atoms with Gasteiger partial charge in [0.1, 0.15) is 0 Å². The molecule has 1 aromatic carbocycles.